The van der Waals surface area contributed by atoms with Gasteiger partial charge >= 0.3 is 6.09 Å². The molecule has 0 fully saturated rings. The molecule has 0 saturated carbocycles. The van der Waals surface area contributed by atoms with Crippen molar-refractivity contribution >= 4 is 23.8 Å². The number of aliphatic hydroxyl groups is 1. The lowest BCUT2D eigenvalue weighted by Gasteiger charge is -2.34. The molecule has 0 bridgehead atoms. The number of para-hydroxylation sites is 1. The van der Waals surface area contributed by atoms with Crippen LogP contribution in [0.3, 0.4) is 0 Å². The second-order valence-corrected chi connectivity index (χ2v) is 9.08. The van der Waals surface area contributed by atoms with Crippen molar-refractivity contribution in [2.45, 2.75) is 71.1 Å². The number of nitrogens with zero attached hydrogens (tertiary/aromatic N) is 1. The van der Waals surface area contributed by atoms with E-state index in [1.807, 2.05) is 6.92 Å². The van der Waals surface area contributed by atoms with Crippen LogP contribution in [0.15, 0.2) is 24.3 Å². The molecular formula is C24H38N4O7. The maximum atomic E-state index is 13.6. The number of nitrogens with two attached hydrogens (primary N) is 1. The van der Waals surface area contributed by atoms with Gasteiger partial charge in [-0.25, -0.2) is 4.79 Å². The van der Waals surface area contributed by atoms with Gasteiger partial charge in [0.1, 0.15) is 23.4 Å². The second-order valence-electron chi connectivity index (χ2n) is 9.08. The molecule has 1 aromatic carbocycles. The van der Waals surface area contributed by atoms with Gasteiger partial charge in [-0.2, -0.15) is 0 Å². The van der Waals surface area contributed by atoms with E-state index in [2.05, 4.69) is 10.6 Å². The Kier molecular flexibility index (Phi) is 12.0. The predicted octanol–water partition coefficient (Wildman–Crippen LogP) is 1.33. The van der Waals surface area contributed by atoms with Crippen molar-refractivity contribution in [3.63, 3.8) is 0 Å². The van der Waals surface area contributed by atoms with Crippen LogP contribution in [0.1, 0.15) is 65.0 Å². The molecule has 2 unspecified atom stereocenters. The zero-order valence-electron chi connectivity index (χ0n) is 20.9. The molecule has 0 heterocycles. The van der Waals surface area contributed by atoms with Gasteiger partial charge in [0.25, 0.3) is 0 Å². The van der Waals surface area contributed by atoms with Crippen molar-refractivity contribution in [2.75, 3.05) is 19.7 Å². The molecule has 0 radical (unpaired) electrons. The predicted molar refractivity (Wildman–Crippen MR) is 129 cm³/mol. The third-order valence-electron chi connectivity index (χ3n) is 4.89. The molecule has 0 spiro atoms. The maximum Gasteiger partial charge on any atom is 0.408 e. The Morgan fingerprint density at radius 3 is 2.34 bits per heavy atom. The van der Waals surface area contributed by atoms with Crippen LogP contribution < -0.4 is 16.4 Å². The quantitative estimate of drug-likeness (QED) is 0.257. The molecule has 4 amide bonds. The largest absolute Gasteiger partial charge is 0.508 e. The summed E-state index contributed by atoms with van der Waals surface area (Å²) in [7, 11) is 0. The van der Waals surface area contributed by atoms with Gasteiger partial charge < -0.3 is 36.2 Å². The molecule has 35 heavy (non-hydrogen) atoms. The topological polar surface area (TPSA) is 171 Å². The highest BCUT2D eigenvalue weighted by Crippen LogP contribution is 2.29. The number of alkyl carbamates (subject to hydrolysis) is 1. The molecule has 11 heteroatoms. The summed E-state index contributed by atoms with van der Waals surface area (Å²) in [5.74, 6) is -2.53. The first-order valence-corrected chi connectivity index (χ1v) is 11.7. The summed E-state index contributed by atoms with van der Waals surface area (Å²) < 4.78 is 5.19. The number of hydrogen-bond acceptors (Lipinski definition) is 7. The first-order valence-electron chi connectivity index (χ1n) is 11.7. The van der Waals surface area contributed by atoms with Crippen LogP contribution in [0.25, 0.3) is 0 Å². The van der Waals surface area contributed by atoms with Crippen molar-refractivity contribution in [3.05, 3.63) is 29.8 Å². The molecule has 6 N–H and O–H groups in total. The Balaban J connectivity index is 3.37. The lowest BCUT2D eigenvalue weighted by atomic mass is 10.0. The van der Waals surface area contributed by atoms with E-state index in [0.29, 0.717) is 13.0 Å². The molecule has 0 aromatic heterocycles. The number of carbonyl (C=O) groups excluding carboxylic acids is 4. The van der Waals surface area contributed by atoms with E-state index in [1.165, 1.54) is 12.1 Å². The fourth-order valence-corrected chi connectivity index (χ4v) is 3.38. The molecule has 0 saturated heterocycles. The van der Waals surface area contributed by atoms with E-state index in [1.54, 1.807) is 32.9 Å². The monoisotopic (exact) mass is 494 g/mol. The standard InChI is InChI=1S/C24H38N4O7/c1-5-6-9-12-26-21(32)20(16-10-7-8-11-18(16)30)28(13-14-29)22(33)17(15-19(25)31)27-23(34)35-24(2,3)4/h7-8,10-11,17,20,29-30H,5-6,9,12-15H2,1-4H3,(H2,25,31)(H,26,32)(H,27,34). The molecule has 196 valence electrons. The smallest absolute Gasteiger partial charge is 0.408 e. The number of nitrogens with one attached hydrogen (secondary N) is 2. The minimum absolute atomic E-state index is 0.123. The molecule has 0 aliphatic carbocycles. The summed E-state index contributed by atoms with van der Waals surface area (Å²) >= 11 is 0. The number of carbonyl (C=O) groups is 4. The Labute approximate surface area is 206 Å². The van der Waals surface area contributed by atoms with Crippen LogP contribution in [0.5, 0.6) is 5.75 Å². The van der Waals surface area contributed by atoms with Crippen LogP contribution in [0.2, 0.25) is 0 Å². The third kappa shape index (κ3) is 10.2. The van der Waals surface area contributed by atoms with E-state index < -0.39 is 54.5 Å². The highest BCUT2D eigenvalue weighted by atomic mass is 16.6. The van der Waals surface area contributed by atoms with Gasteiger partial charge in [-0.1, -0.05) is 38.0 Å². The SMILES string of the molecule is CCCCCNC(=O)C(c1ccccc1O)N(CCO)C(=O)C(CC(N)=O)NC(=O)OC(C)(C)C. The van der Waals surface area contributed by atoms with E-state index in [9.17, 15) is 29.4 Å². The highest BCUT2D eigenvalue weighted by Gasteiger charge is 2.37. The third-order valence-corrected chi connectivity index (χ3v) is 4.89. The molecule has 0 aliphatic rings. The molecule has 1 aromatic rings. The number of hydrogen-bond donors (Lipinski definition) is 5. The van der Waals surface area contributed by atoms with Gasteiger partial charge in [0, 0.05) is 18.7 Å². The molecule has 2 atom stereocenters. The number of aromatic hydroxyl groups is 1. The first-order chi connectivity index (χ1) is 16.4. The zero-order valence-corrected chi connectivity index (χ0v) is 20.9. The Morgan fingerprint density at radius 2 is 1.80 bits per heavy atom. The molecule has 11 nitrogen and oxygen atoms in total. The number of amides is 4. The van der Waals surface area contributed by atoms with Crippen LogP contribution >= 0.6 is 0 Å². The minimum Gasteiger partial charge on any atom is -0.508 e. The summed E-state index contributed by atoms with van der Waals surface area (Å²) in [6, 6.07) is 3.20. The fourth-order valence-electron chi connectivity index (χ4n) is 3.38. The number of unbranched alkanes of at least 4 members (excludes halogenated alkanes) is 2. The maximum absolute atomic E-state index is 13.6. The minimum atomic E-state index is -1.46. The van der Waals surface area contributed by atoms with E-state index in [4.69, 9.17) is 10.5 Å². The van der Waals surface area contributed by atoms with Crippen molar-refractivity contribution in [3.8, 4) is 5.75 Å². The highest BCUT2D eigenvalue weighted by molar-refractivity contribution is 5.94. The van der Waals surface area contributed by atoms with Gasteiger partial charge in [-0.05, 0) is 33.3 Å². The van der Waals surface area contributed by atoms with Crippen molar-refractivity contribution in [2.24, 2.45) is 5.73 Å². The summed E-state index contributed by atoms with van der Waals surface area (Å²) in [6.07, 6.45) is 1.03. The lowest BCUT2D eigenvalue weighted by Crippen LogP contribution is -2.54. The fraction of sp³-hybridized carbons (Fsp3) is 0.583. The van der Waals surface area contributed by atoms with Crippen LogP contribution in [0, 0.1) is 0 Å². The Bertz CT molecular complexity index is 870. The summed E-state index contributed by atoms with van der Waals surface area (Å²) in [5, 5.41) is 25.2. The normalized spacial score (nSPS) is 12.8. The zero-order chi connectivity index (χ0) is 26.6. The number of phenolic OH excluding ortho intramolecular Hbond substituents is 1. The lowest BCUT2D eigenvalue weighted by molar-refractivity contribution is -0.144. The second kappa shape index (κ2) is 14.1. The van der Waals surface area contributed by atoms with Gasteiger partial charge in [0.05, 0.1) is 13.0 Å². The summed E-state index contributed by atoms with van der Waals surface area (Å²) in [4.78, 5) is 51.8. The molecule has 0 aliphatic heterocycles. The summed E-state index contributed by atoms with van der Waals surface area (Å²) in [5.41, 5.74) is 4.56. The number of aliphatic hydroxyl groups excluding tert-OH is 1. The summed E-state index contributed by atoms with van der Waals surface area (Å²) in [6.45, 7) is 6.43. The Morgan fingerprint density at radius 1 is 1.14 bits per heavy atom. The van der Waals surface area contributed by atoms with Gasteiger partial charge in [-0.15, -0.1) is 0 Å². The first kappa shape index (κ1) is 29.7. The molecular weight excluding hydrogens is 456 g/mol. The van der Waals surface area contributed by atoms with Crippen molar-refractivity contribution in [1.82, 2.24) is 15.5 Å². The van der Waals surface area contributed by atoms with E-state index in [0.717, 1.165) is 17.7 Å². The number of phenols is 1. The van der Waals surface area contributed by atoms with Crippen molar-refractivity contribution in [1.29, 1.82) is 0 Å². The van der Waals surface area contributed by atoms with E-state index >= 15 is 0 Å². The number of ether oxygens (including phenoxy) is 1. The number of benzene rings is 1. The van der Waals surface area contributed by atoms with Gasteiger partial charge in [0.15, 0.2) is 0 Å². The van der Waals surface area contributed by atoms with E-state index in [-0.39, 0.29) is 17.9 Å². The Hall–Kier alpha value is -3.34. The average molecular weight is 495 g/mol. The molecule has 1 rings (SSSR count). The van der Waals surface area contributed by atoms with Gasteiger partial charge in [0.2, 0.25) is 17.7 Å². The number of rotatable bonds is 13. The average Bonchev–Trinajstić information content (AvgIpc) is 2.75. The van der Waals surface area contributed by atoms with Crippen LogP contribution in [-0.2, 0) is 19.1 Å². The number of primary amides is 1. The van der Waals surface area contributed by atoms with Crippen LogP contribution in [0.4, 0.5) is 4.79 Å². The van der Waals surface area contributed by atoms with Crippen LogP contribution in [-0.4, -0.2) is 70.3 Å². The van der Waals surface area contributed by atoms with Gasteiger partial charge in [-0.3, -0.25) is 14.4 Å². The van der Waals surface area contributed by atoms with Crippen molar-refractivity contribution < 1.29 is 34.1 Å².